The van der Waals surface area contributed by atoms with E-state index in [1.807, 2.05) is 51.1 Å². The Labute approximate surface area is 179 Å². The van der Waals surface area contributed by atoms with E-state index in [1.54, 1.807) is 17.8 Å². The van der Waals surface area contributed by atoms with Crippen molar-refractivity contribution in [1.29, 1.82) is 0 Å². The standard InChI is InChI=1S/C22H31N3O4S/c1-5-29-21(26)18-12-9-13-25(15-18)30(27,28)19-16-24(23-20(19)22(2,3)4)14-17-10-7-6-8-11-17/h6-8,10-11,16,18H,5,9,12-15H2,1-4H3. The third-order valence-corrected chi connectivity index (χ3v) is 7.11. The minimum atomic E-state index is -3.79. The highest BCUT2D eigenvalue weighted by Crippen LogP contribution is 2.32. The summed E-state index contributed by atoms with van der Waals surface area (Å²) in [5.74, 6) is -0.751. The van der Waals surface area contributed by atoms with Gasteiger partial charge in [-0.25, -0.2) is 8.42 Å². The molecular formula is C22H31N3O4S. The zero-order valence-electron chi connectivity index (χ0n) is 18.2. The quantitative estimate of drug-likeness (QED) is 0.654. The fourth-order valence-electron chi connectivity index (χ4n) is 3.72. The van der Waals surface area contributed by atoms with Crippen LogP contribution in [0.15, 0.2) is 41.4 Å². The summed E-state index contributed by atoms with van der Waals surface area (Å²) < 4.78 is 35.4. The highest BCUT2D eigenvalue weighted by atomic mass is 32.2. The predicted octanol–water partition coefficient (Wildman–Crippen LogP) is 3.19. The average molecular weight is 434 g/mol. The molecule has 0 spiro atoms. The number of piperidine rings is 1. The van der Waals surface area contributed by atoms with Crippen LogP contribution in [0.25, 0.3) is 0 Å². The Hall–Kier alpha value is -2.19. The molecule has 1 atom stereocenters. The van der Waals surface area contributed by atoms with Crippen LogP contribution in [-0.2, 0) is 31.5 Å². The first-order chi connectivity index (χ1) is 14.1. The van der Waals surface area contributed by atoms with Crippen LogP contribution >= 0.6 is 0 Å². The second-order valence-electron chi connectivity index (χ2n) is 8.73. The van der Waals surface area contributed by atoms with Crippen molar-refractivity contribution in [2.24, 2.45) is 5.92 Å². The summed E-state index contributed by atoms with van der Waals surface area (Å²) in [6, 6.07) is 9.82. The summed E-state index contributed by atoms with van der Waals surface area (Å²) in [6.07, 6.45) is 2.90. The number of carbonyl (C=O) groups is 1. The van der Waals surface area contributed by atoms with Gasteiger partial charge < -0.3 is 4.74 Å². The maximum absolute atomic E-state index is 13.6. The van der Waals surface area contributed by atoms with E-state index in [0.717, 1.165) is 5.56 Å². The largest absolute Gasteiger partial charge is 0.466 e. The van der Waals surface area contributed by atoms with Gasteiger partial charge in [0.15, 0.2) is 0 Å². The van der Waals surface area contributed by atoms with E-state index >= 15 is 0 Å². The fourth-order valence-corrected chi connectivity index (χ4v) is 5.59. The lowest BCUT2D eigenvalue weighted by molar-refractivity contribution is -0.149. The molecule has 2 aromatic rings. The van der Waals surface area contributed by atoms with Crippen LogP contribution < -0.4 is 0 Å². The van der Waals surface area contributed by atoms with E-state index in [4.69, 9.17) is 4.74 Å². The minimum absolute atomic E-state index is 0.147. The molecule has 7 nitrogen and oxygen atoms in total. The number of aromatic nitrogens is 2. The number of rotatable bonds is 6. The molecule has 8 heteroatoms. The molecule has 3 rings (SSSR count). The van der Waals surface area contributed by atoms with E-state index in [2.05, 4.69) is 5.10 Å². The van der Waals surface area contributed by atoms with Gasteiger partial charge in [-0.3, -0.25) is 9.48 Å². The first-order valence-electron chi connectivity index (χ1n) is 10.4. The van der Waals surface area contributed by atoms with Crippen LogP contribution in [0.3, 0.4) is 0 Å². The van der Waals surface area contributed by atoms with E-state index in [1.165, 1.54) is 4.31 Å². The third-order valence-electron chi connectivity index (χ3n) is 5.25. The molecule has 1 aliphatic rings. The maximum atomic E-state index is 13.6. The Kier molecular flexibility index (Phi) is 6.67. The molecule has 1 unspecified atom stereocenters. The number of carbonyl (C=O) groups excluding carboxylic acids is 1. The van der Waals surface area contributed by atoms with Crippen molar-refractivity contribution in [3.63, 3.8) is 0 Å². The van der Waals surface area contributed by atoms with Gasteiger partial charge in [0.1, 0.15) is 4.90 Å². The van der Waals surface area contributed by atoms with Crippen LogP contribution in [0.4, 0.5) is 0 Å². The Morgan fingerprint density at radius 2 is 1.93 bits per heavy atom. The van der Waals surface area contributed by atoms with Gasteiger partial charge in [0.2, 0.25) is 10.0 Å². The summed E-state index contributed by atoms with van der Waals surface area (Å²) in [5.41, 5.74) is 1.14. The van der Waals surface area contributed by atoms with Crippen LogP contribution in [-0.4, -0.2) is 48.2 Å². The Morgan fingerprint density at radius 3 is 2.57 bits per heavy atom. The first-order valence-corrected chi connectivity index (χ1v) is 11.9. The van der Waals surface area contributed by atoms with Gasteiger partial charge in [0, 0.05) is 24.7 Å². The predicted molar refractivity (Wildman–Crippen MR) is 115 cm³/mol. The number of esters is 1. The average Bonchev–Trinajstić information content (AvgIpc) is 3.14. The molecule has 0 N–H and O–H groups in total. The van der Waals surface area contributed by atoms with Gasteiger partial charge in [0.05, 0.1) is 24.8 Å². The van der Waals surface area contributed by atoms with Crippen LogP contribution in [0.1, 0.15) is 51.8 Å². The lowest BCUT2D eigenvalue weighted by atomic mass is 9.92. The SMILES string of the molecule is CCOC(=O)C1CCCN(S(=O)(=O)c2cn(Cc3ccccc3)nc2C(C)(C)C)C1. The first kappa shape index (κ1) is 22.5. The molecule has 164 valence electrons. The molecule has 1 fully saturated rings. The number of sulfonamides is 1. The zero-order chi connectivity index (χ0) is 21.9. The third kappa shape index (κ3) is 4.92. The van der Waals surface area contributed by atoms with Gasteiger partial charge in [-0.2, -0.15) is 9.40 Å². The lowest BCUT2D eigenvalue weighted by Gasteiger charge is -2.31. The van der Waals surface area contributed by atoms with Crippen LogP contribution in [0, 0.1) is 5.92 Å². The highest BCUT2D eigenvalue weighted by Gasteiger charge is 2.38. The maximum Gasteiger partial charge on any atom is 0.310 e. The van der Waals surface area contributed by atoms with Gasteiger partial charge >= 0.3 is 5.97 Å². The van der Waals surface area contributed by atoms with Crippen molar-refractivity contribution in [2.45, 2.75) is 57.4 Å². The van der Waals surface area contributed by atoms with E-state index in [9.17, 15) is 13.2 Å². The number of benzene rings is 1. The highest BCUT2D eigenvalue weighted by molar-refractivity contribution is 7.89. The van der Waals surface area contributed by atoms with Crippen molar-refractivity contribution in [3.8, 4) is 0 Å². The van der Waals surface area contributed by atoms with Crippen LogP contribution in [0.5, 0.6) is 0 Å². The summed E-state index contributed by atoms with van der Waals surface area (Å²) >= 11 is 0. The molecule has 0 saturated carbocycles. The second kappa shape index (κ2) is 8.89. The van der Waals surface area contributed by atoms with Crippen LogP contribution in [0.2, 0.25) is 0 Å². The van der Waals surface area contributed by atoms with E-state index in [-0.39, 0.29) is 17.4 Å². The molecule has 0 amide bonds. The fraction of sp³-hybridized carbons (Fsp3) is 0.545. The number of nitrogens with zero attached hydrogens (tertiary/aromatic N) is 3. The smallest absolute Gasteiger partial charge is 0.310 e. The van der Waals surface area contributed by atoms with E-state index < -0.39 is 21.4 Å². The normalized spacial score (nSPS) is 18.3. The molecule has 2 heterocycles. The minimum Gasteiger partial charge on any atom is -0.466 e. The second-order valence-corrected chi connectivity index (χ2v) is 10.6. The monoisotopic (exact) mass is 433 g/mol. The molecule has 1 aromatic heterocycles. The molecule has 1 aliphatic heterocycles. The van der Waals surface area contributed by atoms with Gasteiger partial charge in [-0.15, -0.1) is 0 Å². The topological polar surface area (TPSA) is 81.5 Å². The van der Waals surface area contributed by atoms with Crippen molar-refractivity contribution < 1.29 is 17.9 Å². The molecule has 1 aromatic carbocycles. The number of hydrogen-bond acceptors (Lipinski definition) is 5. The van der Waals surface area contributed by atoms with Crippen molar-refractivity contribution in [2.75, 3.05) is 19.7 Å². The summed E-state index contributed by atoms with van der Waals surface area (Å²) in [4.78, 5) is 12.4. The molecule has 30 heavy (non-hydrogen) atoms. The number of hydrogen-bond donors (Lipinski definition) is 0. The molecule has 1 saturated heterocycles. The molecule has 0 bridgehead atoms. The van der Waals surface area contributed by atoms with Crippen molar-refractivity contribution in [3.05, 3.63) is 47.8 Å². The van der Waals surface area contributed by atoms with Gasteiger partial charge in [0.25, 0.3) is 0 Å². The summed E-state index contributed by atoms with van der Waals surface area (Å²) in [7, 11) is -3.79. The van der Waals surface area contributed by atoms with Crippen molar-refractivity contribution in [1.82, 2.24) is 14.1 Å². The van der Waals surface area contributed by atoms with Gasteiger partial charge in [-0.1, -0.05) is 51.1 Å². The molecular weight excluding hydrogens is 402 g/mol. The lowest BCUT2D eigenvalue weighted by Crippen LogP contribution is -2.43. The van der Waals surface area contributed by atoms with Gasteiger partial charge in [-0.05, 0) is 25.3 Å². The van der Waals surface area contributed by atoms with Crippen molar-refractivity contribution >= 4 is 16.0 Å². The summed E-state index contributed by atoms with van der Waals surface area (Å²) in [5, 5.41) is 4.64. The van der Waals surface area contributed by atoms with E-state index in [0.29, 0.717) is 38.2 Å². The Balaban J connectivity index is 1.93. The number of ether oxygens (including phenoxy) is 1. The molecule has 0 radical (unpaired) electrons. The molecule has 0 aliphatic carbocycles. The zero-order valence-corrected chi connectivity index (χ0v) is 19.0. The Bertz CT molecular complexity index is 978. The summed E-state index contributed by atoms with van der Waals surface area (Å²) in [6.45, 7) is 8.95. The Morgan fingerprint density at radius 1 is 1.23 bits per heavy atom.